The lowest BCUT2D eigenvalue weighted by molar-refractivity contribution is 0.409. The molecule has 0 bridgehead atoms. The summed E-state index contributed by atoms with van der Waals surface area (Å²) >= 11 is 1.69. The summed E-state index contributed by atoms with van der Waals surface area (Å²) in [7, 11) is 3.62. The second kappa shape index (κ2) is 3.26. The lowest BCUT2D eigenvalue weighted by Gasteiger charge is -2.02. The van der Waals surface area contributed by atoms with Crippen LogP contribution >= 0.6 is 11.3 Å². The fourth-order valence-corrected chi connectivity index (χ4v) is 3.17. The number of nitrogens with zero attached hydrogens (tertiary/aromatic N) is 2. The minimum atomic E-state index is 0.779. The van der Waals surface area contributed by atoms with Crippen molar-refractivity contribution in [3.05, 3.63) is 23.6 Å². The number of aryl methyl sites for hydroxylation is 1. The molecule has 0 saturated carbocycles. The van der Waals surface area contributed by atoms with Gasteiger partial charge in [0, 0.05) is 12.6 Å². The second-order valence-corrected chi connectivity index (χ2v) is 5.10. The second-order valence-electron chi connectivity index (χ2n) is 4.18. The Labute approximate surface area is 107 Å². The maximum atomic E-state index is 5.45. The van der Waals surface area contributed by atoms with Crippen LogP contribution in [0.15, 0.2) is 23.6 Å². The summed E-state index contributed by atoms with van der Waals surface area (Å²) in [6, 6.07) is 6.04. The van der Waals surface area contributed by atoms with Crippen molar-refractivity contribution in [3.63, 3.8) is 0 Å². The molecule has 0 unspecified atom stereocenters. The Morgan fingerprint density at radius 1 is 1.33 bits per heavy atom. The maximum Gasteiger partial charge on any atom is 0.212 e. The molecule has 0 atom stereocenters. The van der Waals surface area contributed by atoms with Gasteiger partial charge in [-0.25, -0.2) is 0 Å². The molecule has 0 N–H and O–H groups in total. The van der Waals surface area contributed by atoms with Crippen molar-refractivity contribution in [3.8, 4) is 28.5 Å². The van der Waals surface area contributed by atoms with Crippen molar-refractivity contribution in [1.29, 1.82) is 0 Å². The molecule has 3 aromatic rings. The average Bonchev–Trinajstić information content (AvgIpc) is 2.88. The predicted octanol–water partition coefficient (Wildman–Crippen LogP) is 3.42. The summed E-state index contributed by atoms with van der Waals surface area (Å²) in [5, 5.41) is 6.66. The highest BCUT2D eigenvalue weighted by Crippen LogP contribution is 2.56. The van der Waals surface area contributed by atoms with Gasteiger partial charge in [-0.1, -0.05) is 0 Å². The molecule has 0 fully saturated rings. The molecule has 0 aliphatic carbocycles. The van der Waals surface area contributed by atoms with Gasteiger partial charge in [0.1, 0.15) is 5.69 Å². The zero-order chi connectivity index (χ0) is 12.3. The largest absolute Gasteiger partial charge is 0.492 e. The molecule has 0 saturated heterocycles. The van der Waals surface area contributed by atoms with E-state index in [0.717, 1.165) is 34.0 Å². The Bertz CT molecular complexity index is 773. The summed E-state index contributed by atoms with van der Waals surface area (Å²) in [6.45, 7) is 0. The van der Waals surface area contributed by atoms with Crippen molar-refractivity contribution in [2.75, 3.05) is 7.11 Å². The van der Waals surface area contributed by atoms with Gasteiger partial charge in [-0.2, -0.15) is 5.10 Å². The Hall–Kier alpha value is -2.01. The monoisotopic (exact) mass is 258 g/mol. The topological polar surface area (TPSA) is 39.6 Å². The zero-order valence-corrected chi connectivity index (χ0v) is 10.7. The molecule has 3 heterocycles. The van der Waals surface area contributed by atoms with E-state index in [2.05, 4.69) is 16.5 Å². The smallest absolute Gasteiger partial charge is 0.212 e. The summed E-state index contributed by atoms with van der Waals surface area (Å²) < 4.78 is 13.9. The van der Waals surface area contributed by atoms with Crippen LogP contribution in [0.2, 0.25) is 0 Å². The zero-order valence-electron chi connectivity index (χ0n) is 9.93. The molecule has 4 rings (SSSR count). The molecule has 1 aliphatic rings. The molecule has 0 amide bonds. The van der Waals surface area contributed by atoms with Gasteiger partial charge in [0.15, 0.2) is 11.5 Å². The minimum absolute atomic E-state index is 0.779. The van der Waals surface area contributed by atoms with Gasteiger partial charge in [0.25, 0.3) is 0 Å². The van der Waals surface area contributed by atoms with Crippen LogP contribution in [-0.4, -0.2) is 16.9 Å². The average molecular weight is 258 g/mol. The third-order valence-electron chi connectivity index (χ3n) is 3.16. The number of ether oxygens (including phenoxy) is 2. The number of rotatable bonds is 2. The number of benzene rings is 1. The highest BCUT2D eigenvalue weighted by molar-refractivity contribution is 7.17. The van der Waals surface area contributed by atoms with E-state index in [4.69, 9.17) is 9.47 Å². The number of thiophene rings is 1. The predicted molar refractivity (Wildman–Crippen MR) is 70.7 cm³/mol. The number of fused-ring (bicyclic) bond motifs is 2. The van der Waals surface area contributed by atoms with E-state index in [9.17, 15) is 0 Å². The SMILES string of the molecule is COc1c(-c2nn(C)c3ccsc23)ccc2c1O2. The Morgan fingerprint density at radius 3 is 3.06 bits per heavy atom. The number of aromatic nitrogens is 2. The minimum Gasteiger partial charge on any atom is -0.492 e. The molecule has 0 spiro atoms. The van der Waals surface area contributed by atoms with Crippen molar-refractivity contribution in [1.82, 2.24) is 9.78 Å². The third kappa shape index (κ3) is 1.17. The third-order valence-corrected chi connectivity index (χ3v) is 4.07. The van der Waals surface area contributed by atoms with Crippen LogP contribution in [0, 0.1) is 0 Å². The highest BCUT2D eigenvalue weighted by Gasteiger charge is 2.30. The van der Waals surface area contributed by atoms with E-state index in [-0.39, 0.29) is 0 Å². The van der Waals surface area contributed by atoms with Gasteiger partial charge in [0.05, 0.1) is 17.3 Å². The summed E-state index contributed by atoms with van der Waals surface area (Å²) in [5.41, 5.74) is 3.09. The molecule has 1 aromatic carbocycles. The van der Waals surface area contributed by atoms with E-state index in [1.807, 2.05) is 23.9 Å². The van der Waals surface area contributed by atoms with Crippen LogP contribution in [0.25, 0.3) is 21.5 Å². The Balaban J connectivity index is 2.03. The van der Waals surface area contributed by atoms with Gasteiger partial charge < -0.3 is 9.47 Å². The van der Waals surface area contributed by atoms with Crippen LogP contribution in [0.1, 0.15) is 0 Å². The molecule has 5 heteroatoms. The van der Waals surface area contributed by atoms with E-state index >= 15 is 0 Å². The Morgan fingerprint density at radius 2 is 2.22 bits per heavy atom. The first-order chi connectivity index (χ1) is 8.79. The standard InChI is InChI=1S/C13H10N2O2S/c1-15-8-5-6-18-13(8)10(14-15)7-3-4-9-12(17-9)11(7)16-2/h3-6H,1-2H3. The van der Waals surface area contributed by atoms with Gasteiger partial charge in [-0.15, -0.1) is 11.3 Å². The van der Waals surface area contributed by atoms with Crippen molar-refractivity contribution >= 4 is 21.6 Å². The van der Waals surface area contributed by atoms with Crippen molar-refractivity contribution in [2.24, 2.45) is 7.05 Å². The first-order valence-electron chi connectivity index (χ1n) is 5.59. The lowest BCUT2D eigenvalue weighted by atomic mass is 10.1. The Kier molecular flexibility index (Phi) is 1.81. The molecular formula is C13H10N2O2S. The van der Waals surface area contributed by atoms with Crippen LogP contribution in [0.4, 0.5) is 0 Å². The number of hydrogen-bond acceptors (Lipinski definition) is 4. The number of hydrogen-bond donors (Lipinski definition) is 0. The first-order valence-corrected chi connectivity index (χ1v) is 6.47. The molecule has 4 nitrogen and oxygen atoms in total. The van der Waals surface area contributed by atoms with Crippen LogP contribution in [0.3, 0.4) is 0 Å². The maximum absolute atomic E-state index is 5.45. The summed E-state index contributed by atoms with van der Waals surface area (Å²) in [4.78, 5) is 0. The fraction of sp³-hybridized carbons (Fsp3) is 0.154. The molecular weight excluding hydrogens is 248 g/mol. The van der Waals surface area contributed by atoms with Gasteiger partial charge in [-0.05, 0) is 23.6 Å². The molecule has 90 valence electrons. The van der Waals surface area contributed by atoms with E-state index in [0.29, 0.717) is 0 Å². The highest BCUT2D eigenvalue weighted by atomic mass is 32.1. The van der Waals surface area contributed by atoms with E-state index in [1.165, 1.54) is 4.70 Å². The fourth-order valence-electron chi connectivity index (χ4n) is 2.26. The van der Waals surface area contributed by atoms with Gasteiger partial charge in [0.2, 0.25) is 5.75 Å². The lowest BCUT2D eigenvalue weighted by Crippen LogP contribution is -1.90. The molecule has 2 aromatic heterocycles. The first kappa shape index (κ1) is 9.96. The quantitative estimate of drug-likeness (QED) is 0.517. The van der Waals surface area contributed by atoms with Gasteiger partial charge in [-0.3, -0.25) is 4.68 Å². The molecule has 0 radical (unpaired) electrons. The van der Waals surface area contributed by atoms with Crippen molar-refractivity contribution in [2.45, 2.75) is 0 Å². The van der Waals surface area contributed by atoms with Crippen LogP contribution in [-0.2, 0) is 7.05 Å². The summed E-state index contributed by atoms with van der Waals surface area (Å²) in [6.07, 6.45) is 0. The number of methoxy groups -OCH3 is 1. The normalized spacial score (nSPS) is 12.3. The van der Waals surface area contributed by atoms with E-state index < -0.39 is 0 Å². The van der Waals surface area contributed by atoms with E-state index in [1.54, 1.807) is 18.4 Å². The van der Waals surface area contributed by atoms with Crippen LogP contribution in [0.5, 0.6) is 17.2 Å². The van der Waals surface area contributed by atoms with Crippen LogP contribution < -0.4 is 9.47 Å². The molecule has 1 aliphatic heterocycles. The summed E-state index contributed by atoms with van der Waals surface area (Å²) in [5.74, 6) is 2.51. The van der Waals surface area contributed by atoms with Gasteiger partial charge >= 0.3 is 0 Å². The molecule has 18 heavy (non-hydrogen) atoms. The van der Waals surface area contributed by atoms with Crippen molar-refractivity contribution < 1.29 is 9.47 Å².